The van der Waals surface area contributed by atoms with Crippen molar-refractivity contribution in [2.24, 2.45) is 5.92 Å². The third-order valence-corrected chi connectivity index (χ3v) is 3.34. The van der Waals surface area contributed by atoms with E-state index in [0.29, 0.717) is 12.5 Å². The van der Waals surface area contributed by atoms with E-state index in [2.05, 4.69) is 10.3 Å². The first-order valence-corrected chi connectivity index (χ1v) is 6.70. The first kappa shape index (κ1) is 13.7. The van der Waals surface area contributed by atoms with Crippen molar-refractivity contribution < 1.29 is 9.66 Å². The highest BCUT2D eigenvalue weighted by molar-refractivity contribution is 5.39. The van der Waals surface area contributed by atoms with Crippen molar-refractivity contribution in [2.75, 3.05) is 19.7 Å². The molecular formula is C13H19N3O3. The molecule has 0 aromatic carbocycles. The smallest absolute Gasteiger partial charge is 0.330 e. The first-order valence-electron chi connectivity index (χ1n) is 6.70. The number of piperidine rings is 1. The molecular weight excluding hydrogens is 246 g/mol. The predicted molar refractivity (Wildman–Crippen MR) is 71.2 cm³/mol. The normalized spacial score (nSPS) is 19.1. The summed E-state index contributed by atoms with van der Waals surface area (Å²) in [6, 6.07) is 2.95. The van der Waals surface area contributed by atoms with Crippen molar-refractivity contribution >= 4 is 5.69 Å². The molecule has 1 saturated heterocycles. The number of hydrogen-bond donors (Lipinski definition) is 1. The van der Waals surface area contributed by atoms with E-state index in [-0.39, 0.29) is 11.6 Å². The molecule has 1 aliphatic heterocycles. The van der Waals surface area contributed by atoms with E-state index in [1.54, 1.807) is 6.07 Å². The Balaban J connectivity index is 1.74. The average Bonchev–Trinajstić information content (AvgIpc) is 2.45. The Labute approximate surface area is 112 Å². The summed E-state index contributed by atoms with van der Waals surface area (Å²) in [4.78, 5) is 14.2. The fourth-order valence-electron chi connectivity index (χ4n) is 2.34. The van der Waals surface area contributed by atoms with Gasteiger partial charge in [0.1, 0.15) is 0 Å². The van der Waals surface area contributed by atoms with Crippen LogP contribution < -0.4 is 10.1 Å². The number of nitrogens with one attached hydrogen (secondary N) is 1. The molecule has 6 nitrogen and oxygen atoms in total. The Bertz CT molecular complexity index is 419. The van der Waals surface area contributed by atoms with Gasteiger partial charge in [0.25, 0.3) is 5.88 Å². The lowest BCUT2D eigenvalue weighted by atomic mass is 9.95. The average molecular weight is 265 g/mol. The lowest BCUT2D eigenvalue weighted by Gasteiger charge is -2.22. The summed E-state index contributed by atoms with van der Waals surface area (Å²) in [5.41, 5.74) is -0.0677. The Morgan fingerprint density at radius 3 is 3.21 bits per heavy atom. The zero-order chi connectivity index (χ0) is 13.5. The van der Waals surface area contributed by atoms with E-state index in [1.807, 2.05) is 0 Å². The maximum absolute atomic E-state index is 10.8. The van der Waals surface area contributed by atoms with Gasteiger partial charge in [-0.25, -0.2) is 4.98 Å². The van der Waals surface area contributed by atoms with E-state index >= 15 is 0 Å². The molecule has 1 aromatic rings. The number of nitrogens with zero attached hydrogens (tertiary/aromatic N) is 2. The SMILES string of the molecule is O=[N+]([O-])c1cccnc1OCCCC1CCCNC1. The van der Waals surface area contributed by atoms with Gasteiger partial charge in [-0.1, -0.05) is 0 Å². The molecule has 1 aromatic heterocycles. The minimum atomic E-state index is -0.465. The highest BCUT2D eigenvalue weighted by Crippen LogP contribution is 2.23. The van der Waals surface area contributed by atoms with Crippen LogP contribution in [0.1, 0.15) is 25.7 Å². The zero-order valence-corrected chi connectivity index (χ0v) is 10.9. The van der Waals surface area contributed by atoms with Crippen LogP contribution in [0.4, 0.5) is 5.69 Å². The van der Waals surface area contributed by atoms with Crippen LogP contribution in [0.3, 0.4) is 0 Å². The molecule has 1 aliphatic rings. The topological polar surface area (TPSA) is 77.3 Å². The molecule has 1 atom stereocenters. The fraction of sp³-hybridized carbons (Fsp3) is 0.615. The van der Waals surface area contributed by atoms with E-state index in [1.165, 1.54) is 25.1 Å². The van der Waals surface area contributed by atoms with Crippen LogP contribution in [0.2, 0.25) is 0 Å². The summed E-state index contributed by atoms with van der Waals surface area (Å²) in [6.07, 6.45) is 6.00. The van der Waals surface area contributed by atoms with Gasteiger partial charge in [-0.2, -0.15) is 0 Å². The molecule has 0 amide bonds. The van der Waals surface area contributed by atoms with Gasteiger partial charge < -0.3 is 10.1 Å². The second kappa shape index (κ2) is 7.04. The van der Waals surface area contributed by atoms with Crippen LogP contribution >= 0.6 is 0 Å². The molecule has 0 aliphatic carbocycles. The summed E-state index contributed by atoms with van der Waals surface area (Å²) in [7, 11) is 0. The van der Waals surface area contributed by atoms with E-state index in [0.717, 1.165) is 25.9 Å². The molecule has 1 N–H and O–H groups in total. The minimum absolute atomic E-state index is 0.0677. The van der Waals surface area contributed by atoms with Crippen molar-refractivity contribution in [2.45, 2.75) is 25.7 Å². The number of ether oxygens (including phenoxy) is 1. The van der Waals surface area contributed by atoms with Crippen molar-refractivity contribution in [3.63, 3.8) is 0 Å². The second-order valence-corrected chi connectivity index (χ2v) is 4.79. The number of rotatable bonds is 6. The van der Waals surface area contributed by atoms with Gasteiger partial charge in [-0.05, 0) is 50.8 Å². The monoisotopic (exact) mass is 265 g/mol. The van der Waals surface area contributed by atoms with Crippen LogP contribution in [-0.2, 0) is 0 Å². The summed E-state index contributed by atoms with van der Waals surface area (Å²) < 4.78 is 5.42. The summed E-state index contributed by atoms with van der Waals surface area (Å²) in [5.74, 6) is 0.824. The van der Waals surface area contributed by atoms with Crippen LogP contribution in [0.5, 0.6) is 5.88 Å². The van der Waals surface area contributed by atoms with E-state index < -0.39 is 4.92 Å². The third-order valence-electron chi connectivity index (χ3n) is 3.34. The molecule has 2 rings (SSSR count). The van der Waals surface area contributed by atoms with Crippen LogP contribution in [0.15, 0.2) is 18.3 Å². The van der Waals surface area contributed by atoms with Crippen molar-refractivity contribution in [1.82, 2.24) is 10.3 Å². The molecule has 0 saturated carbocycles. The van der Waals surface area contributed by atoms with Gasteiger partial charge in [0, 0.05) is 12.3 Å². The van der Waals surface area contributed by atoms with Gasteiger partial charge in [0.15, 0.2) is 0 Å². The quantitative estimate of drug-likeness (QED) is 0.484. The molecule has 0 spiro atoms. The molecule has 1 fully saturated rings. The van der Waals surface area contributed by atoms with Crippen LogP contribution in [0, 0.1) is 16.0 Å². The van der Waals surface area contributed by atoms with Crippen molar-refractivity contribution in [3.8, 4) is 5.88 Å². The van der Waals surface area contributed by atoms with Crippen molar-refractivity contribution in [1.29, 1.82) is 0 Å². The van der Waals surface area contributed by atoms with Crippen molar-refractivity contribution in [3.05, 3.63) is 28.4 Å². The summed E-state index contributed by atoms with van der Waals surface area (Å²) in [6.45, 7) is 2.67. The molecule has 6 heteroatoms. The summed E-state index contributed by atoms with van der Waals surface area (Å²) >= 11 is 0. The molecule has 2 heterocycles. The number of nitro groups is 1. The van der Waals surface area contributed by atoms with Gasteiger partial charge in [0.05, 0.1) is 11.5 Å². The van der Waals surface area contributed by atoms with E-state index in [9.17, 15) is 10.1 Å². The largest absolute Gasteiger partial charge is 0.473 e. The zero-order valence-electron chi connectivity index (χ0n) is 10.9. The highest BCUT2D eigenvalue weighted by Gasteiger charge is 2.16. The lowest BCUT2D eigenvalue weighted by molar-refractivity contribution is -0.386. The molecule has 0 bridgehead atoms. The van der Waals surface area contributed by atoms with Gasteiger partial charge in [-0.15, -0.1) is 0 Å². The van der Waals surface area contributed by atoms with Crippen LogP contribution in [-0.4, -0.2) is 29.6 Å². The molecule has 0 radical (unpaired) electrons. The van der Waals surface area contributed by atoms with Gasteiger partial charge in [-0.3, -0.25) is 10.1 Å². The standard InChI is InChI=1S/C13H19N3O3/c17-16(18)12-6-2-8-15-13(12)19-9-3-5-11-4-1-7-14-10-11/h2,6,8,11,14H,1,3-5,7,9-10H2. The Morgan fingerprint density at radius 1 is 1.58 bits per heavy atom. The lowest BCUT2D eigenvalue weighted by Crippen LogP contribution is -2.29. The second-order valence-electron chi connectivity index (χ2n) is 4.79. The van der Waals surface area contributed by atoms with Gasteiger partial charge >= 0.3 is 5.69 Å². The Morgan fingerprint density at radius 2 is 2.47 bits per heavy atom. The third kappa shape index (κ3) is 4.17. The van der Waals surface area contributed by atoms with Crippen LogP contribution in [0.25, 0.3) is 0 Å². The number of pyridine rings is 1. The Kier molecular flexibility index (Phi) is 5.09. The maximum atomic E-state index is 10.8. The number of hydrogen-bond acceptors (Lipinski definition) is 5. The van der Waals surface area contributed by atoms with E-state index in [4.69, 9.17) is 4.74 Å². The first-order chi connectivity index (χ1) is 9.27. The maximum Gasteiger partial charge on any atom is 0.330 e. The summed E-state index contributed by atoms with van der Waals surface area (Å²) in [5, 5.41) is 14.2. The number of aromatic nitrogens is 1. The fourth-order valence-corrected chi connectivity index (χ4v) is 2.34. The molecule has 104 valence electrons. The highest BCUT2D eigenvalue weighted by atomic mass is 16.6. The Hall–Kier alpha value is -1.69. The molecule has 1 unspecified atom stereocenters. The minimum Gasteiger partial charge on any atom is -0.473 e. The molecule has 19 heavy (non-hydrogen) atoms. The predicted octanol–water partition coefficient (Wildman–Crippen LogP) is 2.15. The van der Waals surface area contributed by atoms with Gasteiger partial charge in [0.2, 0.25) is 0 Å².